The van der Waals surface area contributed by atoms with Crippen LogP contribution in [0.4, 0.5) is 0 Å². The normalized spacial score (nSPS) is 25.0. The minimum atomic E-state index is -0.211. The molecule has 0 saturated carbocycles. The molecular weight excluding hydrogens is 256 g/mol. The van der Waals surface area contributed by atoms with E-state index in [1.807, 2.05) is 6.07 Å². The van der Waals surface area contributed by atoms with E-state index >= 15 is 0 Å². The topological polar surface area (TPSA) is 29.5 Å². The van der Waals surface area contributed by atoms with Crippen molar-refractivity contribution in [1.82, 2.24) is 0 Å². The summed E-state index contributed by atoms with van der Waals surface area (Å²) < 4.78 is 6.62. The van der Waals surface area contributed by atoms with Crippen molar-refractivity contribution in [2.24, 2.45) is 0 Å². The number of fused-ring (bicyclic) bond motifs is 1. The van der Waals surface area contributed by atoms with Crippen LogP contribution < -0.4 is 0 Å². The molecule has 1 aliphatic heterocycles. The fraction of sp³-hybridized carbons (Fsp3) is 0.500. The molecule has 0 aliphatic carbocycles. The number of aliphatic hydroxyl groups excluding tert-OH is 1. The Kier molecular flexibility index (Phi) is 3.14. The highest BCUT2D eigenvalue weighted by molar-refractivity contribution is 9.10. The van der Waals surface area contributed by atoms with Gasteiger partial charge in [-0.2, -0.15) is 0 Å². The SMILES string of the molecule is CCC1(CO)COCc2ccc(Br)cc21. The summed E-state index contributed by atoms with van der Waals surface area (Å²) in [4.78, 5) is 0. The monoisotopic (exact) mass is 270 g/mol. The van der Waals surface area contributed by atoms with Gasteiger partial charge in [0.2, 0.25) is 0 Å². The average molecular weight is 271 g/mol. The summed E-state index contributed by atoms with van der Waals surface area (Å²) in [6, 6.07) is 6.20. The molecule has 2 nitrogen and oxygen atoms in total. The maximum atomic E-state index is 9.58. The van der Waals surface area contributed by atoms with Gasteiger partial charge in [-0.3, -0.25) is 0 Å². The summed E-state index contributed by atoms with van der Waals surface area (Å²) in [5, 5.41) is 9.58. The molecule has 1 heterocycles. The van der Waals surface area contributed by atoms with Crippen LogP contribution in [-0.4, -0.2) is 18.3 Å². The van der Waals surface area contributed by atoms with Gasteiger partial charge in [0.05, 0.1) is 19.8 Å². The Balaban J connectivity index is 2.53. The third-order valence-corrected chi connectivity index (χ3v) is 3.75. The van der Waals surface area contributed by atoms with Crippen LogP contribution in [0.25, 0.3) is 0 Å². The summed E-state index contributed by atoms with van der Waals surface area (Å²) in [6.45, 7) is 3.51. The molecule has 1 aromatic rings. The minimum Gasteiger partial charge on any atom is -0.395 e. The number of hydrogen-bond acceptors (Lipinski definition) is 2. The molecule has 0 radical (unpaired) electrons. The van der Waals surface area contributed by atoms with Crippen LogP contribution in [0.15, 0.2) is 22.7 Å². The molecule has 1 aromatic carbocycles. The van der Waals surface area contributed by atoms with Gasteiger partial charge < -0.3 is 9.84 Å². The Morgan fingerprint density at radius 2 is 2.33 bits per heavy atom. The zero-order valence-corrected chi connectivity index (χ0v) is 10.4. The van der Waals surface area contributed by atoms with Crippen molar-refractivity contribution < 1.29 is 9.84 Å². The molecule has 0 amide bonds. The van der Waals surface area contributed by atoms with Gasteiger partial charge >= 0.3 is 0 Å². The van der Waals surface area contributed by atoms with Crippen molar-refractivity contribution in [2.75, 3.05) is 13.2 Å². The van der Waals surface area contributed by atoms with Crippen LogP contribution in [-0.2, 0) is 16.8 Å². The molecule has 1 unspecified atom stereocenters. The van der Waals surface area contributed by atoms with Gasteiger partial charge in [0.25, 0.3) is 0 Å². The van der Waals surface area contributed by atoms with Crippen molar-refractivity contribution in [3.63, 3.8) is 0 Å². The standard InChI is InChI=1S/C12H15BrO2/c1-2-12(7-14)8-15-6-9-3-4-10(13)5-11(9)12/h3-5,14H,2,6-8H2,1H3. The third-order valence-electron chi connectivity index (χ3n) is 3.26. The Morgan fingerprint density at radius 1 is 1.53 bits per heavy atom. The minimum absolute atomic E-state index is 0.146. The van der Waals surface area contributed by atoms with Gasteiger partial charge in [-0.05, 0) is 29.7 Å². The third kappa shape index (κ3) is 1.84. The first-order valence-electron chi connectivity index (χ1n) is 5.19. The maximum absolute atomic E-state index is 9.58. The predicted octanol–water partition coefficient (Wildman–Crippen LogP) is 2.62. The van der Waals surface area contributed by atoms with Crippen LogP contribution in [0.2, 0.25) is 0 Å². The van der Waals surface area contributed by atoms with Gasteiger partial charge in [-0.15, -0.1) is 0 Å². The largest absolute Gasteiger partial charge is 0.395 e. The number of rotatable bonds is 2. The molecule has 0 aromatic heterocycles. The Labute approximate surface area is 98.4 Å². The molecule has 2 rings (SSSR count). The lowest BCUT2D eigenvalue weighted by atomic mass is 9.76. The summed E-state index contributed by atoms with van der Waals surface area (Å²) in [5.41, 5.74) is 2.21. The maximum Gasteiger partial charge on any atom is 0.0720 e. The molecule has 0 saturated heterocycles. The molecule has 1 atom stereocenters. The van der Waals surface area contributed by atoms with E-state index in [0.717, 1.165) is 10.9 Å². The predicted molar refractivity (Wildman–Crippen MR) is 62.9 cm³/mol. The molecule has 15 heavy (non-hydrogen) atoms. The first-order chi connectivity index (χ1) is 7.22. The molecular formula is C12H15BrO2. The van der Waals surface area contributed by atoms with Crippen LogP contribution in [0.5, 0.6) is 0 Å². The summed E-state index contributed by atoms with van der Waals surface area (Å²) in [6.07, 6.45) is 0.896. The van der Waals surface area contributed by atoms with Crippen molar-refractivity contribution in [2.45, 2.75) is 25.4 Å². The van der Waals surface area contributed by atoms with Crippen molar-refractivity contribution >= 4 is 15.9 Å². The average Bonchev–Trinajstić information content (AvgIpc) is 2.28. The van der Waals surface area contributed by atoms with Gasteiger partial charge in [0.1, 0.15) is 0 Å². The molecule has 82 valence electrons. The summed E-state index contributed by atoms with van der Waals surface area (Å²) in [7, 11) is 0. The van der Waals surface area contributed by atoms with E-state index in [2.05, 4.69) is 35.0 Å². The number of halogens is 1. The van der Waals surface area contributed by atoms with E-state index in [-0.39, 0.29) is 12.0 Å². The molecule has 3 heteroatoms. The van der Waals surface area contributed by atoms with Crippen LogP contribution >= 0.6 is 15.9 Å². The second-order valence-corrected chi connectivity index (χ2v) is 5.00. The number of ether oxygens (including phenoxy) is 1. The number of benzene rings is 1. The van der Waals surface area contributed by atoms with Crippen molar-refractivity contribution in [1.29, 1.82) is 0 Å². The smallest absolute Gasteiger partial charge is 0.0720 e. The first-order valence-corrected chi connectivity index (χ1v) is 5.98. The quantitative estimate of drug-likeness (QED) is 0.896. The highest BCUT2D eigenvalue weighted by Crippen LogP contribution is 2.36. The molecule has 0 fully saturated rings. The lowest BCUT2D eigenvalue weighted by Gasteiger charge is -2.36. The second kappa shape index (κ2) is 4.24. The highest BCUT2D eigenvalue weighted by atomic mass is 79.9. The van der Waals surface area contributed by atoms with Crippen LogP contribution in [0, 0.1) is 0 Å². The van der Waals surface area contributed by atoms with E-state index in [1.54, 1.807) is 0 Å². The van der Waals surface area contributed by atoms with E-state index in [4.69, 9.17) is 4.74 Å². The summed E-state index contributed by atoms with van der Waals surface area (Å²) >= 11 is 3.48. The fourth-order valence-electron chi connectivity index (χ4n) is 2.14. The van der Waals surface area contributed by atoms with E-state index < -0.39 is 0 Å². The van der Waals surface area contributed by atoms with Gasteiger partial charge in [0, 0.05) is 9.89 Å². The second-order valence-electron chi connectivity index (χ2n) is 4.09. The van der Waals surface area contributed by atoms with Crippen molar-refractivity contribution in [3.05, 3.63) is 33.8 Å². The highest BCUT2D eigenvalue weighted by Gasteiger charge is 2.35. The zero-order chi connectivity index (χ0) is 10.9. The van der Waals surface area contributed by atoms with Gasteiger partial charge in [0.15, 0.2) is 0 Å². The molecule has 0 bridgehead atoms. The zero-order valence-electron chi connectivity index (χ0n) is 8.79. The van der Waals surface area contributed by atoms with Gasteiger partial charge in [-0.25, -0.2) is 0 Å². The van der Waals surface area contributed by atoms with E-state index in [9.17, 15) is 5.11 Å². The molecule has 1 N–H and O–H groups in total. The Hall–Kier alpha value is -0.380. The van der Waals surface area contributed by atoms with Crippen LogP contribution in [0.3, 0.4) is 0 Å². The summed E-state index contributed by atoms with van der Waals surface area (Å²) in [5.74, 6) is 0. The fourth-order valence-corrected chi connectivity index (χ4v) is 2.50. The first kappa shape index (κ1) is 11.1. The van der Waals surface area contributed by atoms with Crippen LogP contribution in [0.1, 0.15) is 24.5 Å². The van der Waals surface area contributed by atoms with E-state index in [0.29, 0.717) is 13.2 Å². The number of aliphatic hydroxyl groups is 1. The van der Waals surface area contributed by atoms with E-state index in [1.165, 1.54) is 11.1 Å². The number of hydrogen-bond donors (Lipinski definition) is 1. The van der Waals surface area contributed by atoms with Crippen molar-refractivity contribution in [3.8, 4) is 0 Å². The lowest BCUT2D eigenvalue weighted by molar-refractivity contribution is 0.0217. The Bertz CT molecular complexity index is 359. The molecule has 0 spiro atoms. The lowest BCUT2D eigenvalue weighted by Crippen LogP contribution is -2.39. The molecule has 1 aliphatic rings. The van der Waals surface area contributed by atoms with Gasteiger partial charge in [-0.1, -0.05) is 28.9 Å². The Morgan fingerprint density at radius 3 is 3.00 bits per heavy atom.